The van der Waals surface area contributed by atoms with Crippen molar-refractivity contribution in [3.05, 3.63) is 84.7 Å². The lowest BCUT2D eigenvalue weighted by atomic mass is 10.0. The maximum absolute atomic E-state index is 4.78. The Balaban J connectivity index is 1.40. The van der Waals surface area contributed by atoms with Gasteiger partial charge in [0.05, 0.1) is 11.0 Å². The van der Waals surface area contributed by atoms with Crippen LogP contribution in [0.4, 0.5) is 0 Å². The Morgan fingerprint density at radius 3 is 2.64 bits per heavy atom. The molecule has 0 spiro atoms. The molecule has 0 N–H and O–H groups in total. The predicted molar refractivity (Wildman–Crippen MR) is 103 cm³/mol. The highest BCUT2D eigenvalue weighted by atomic mass is 15.2. The number of imidazole rings is 2. The third-order valence-corrected chi connectivity index (χ3v) is 4.95. The summed E-state index contributed by atoms with van der Waals surface area (Å²) >= 11 is 0. The van der Waals surface area contributed by atoms with Crippen molar-refractivity contribution in [2.24, 2.45) is 0 Å². The predicted octanol–water partition coefficient (Wildman–Crippen LogP) is 5.08. The SMILES string of the molecule is c1ccc2c(CCCn3ccn4c5ccccc5nc34)cccc2c1. The number of rotatable bonds is 4. The van der Waals surface area contributed by atoms with Crippen molar-refractivity contribution < 1.29 is 0 Å². The van der Waals surface area contributed by atoms with Crippen LogP contribution in [0.1, 0.15) is 12.0 Å². The number of fused-ring (bicyclic) bond motifs is 4. The molecule has 122 valence electrons. The van der Waals surface area contributed by atoms with E-state index in [1.165, 1.54) is 21.9 Å². The summed E-state index contributed by atoms with van der Waals surface area (Å²) in [6.07, 6.45) is 6.42. The minimum Gasteiger partial charge on any atom is -0.317 e. The molecule has 2 heterocycles. The number of hydrogen-bond donors (Lipinski definition) is 0. The van der Waals surface area contributed by atoms with Gasteiger partial charge in [0.1, 0.15) is 0 Å². The Morgan fingerprint density at radius 2 is 1.64 bits per heavy atom. The molecule has 3 heteroatoms. The fourth-order valence-electron chi connectivity index (χ4n) is 3.72. The van der Waals surface area contributed by atoms with Crippen LogP contribution in [0.5, 0.6) is 0 Å². The van der Waals surface area contributed by atoms with Gasteiger partial charge >= 0.3 is 0 Å². The Kier molecular flexibility index (Phi) is 3.30. The topological polar surface area (TPSA) is 22.2 Å². The van der Waals surface area contributed by atoms with Crippen LogP contribution >= 0.6 is 0 Å². The molecule has 2 aromatic heterocycles. The lowest BCUT2D eigenvalue weighted by molar-refractivity contribution is 0.657. The van der Waals surface area contributed by atoms with Crippen molar-refractivity contribution >= 4 is 27.6 Å². The van der Waals surface area contributed by atoms with E-state index < -0.39 is 0 Å². The smallest absolute Gasteiger partial charge is 0.214 e. The van der Waals surface area contributed by atoms with E-state index >= 15 is 0 Å². The molecule has 3 aromatic carbocycles. The van der Waals surface area contributed by atoms with Crippen LogP contribution in [0, 0.1) is 0 Å². The van der Waals surface area contributed by atoms with Gasteiger partial charge in [-0.15, -0.1) is 0 Å². The first kappa shape index (κ1) is 14.3. The van der Waals surface area contributed by atoms with Gasteiger partial charge in [0, 0.05) is 18.9 Å². The first-order valence-corrected chi connectivity index (χ1v) is 8.79. The van der Waals surface area contributed by atoms with E-state index in [1.807, 2.05) is 6.07 Å². The molecule has 0 saturated heterocycles. The summed E-state index contributed by atoms with van der Waals surface area (Å²) in [6, 6.07) is 23.5. The van der Waals surface area contributed by atoms with Gasteiger partial charge < -0.3 is 4.57 Å². The van der Waals surface area contributed by atoms with Crippen molar-refractivity contribution in [3.63, 3.8) is 0 Å². The summed E-state index contributed by atoms with van der Waals surface area (Å²) < 4.78 is 4.43. The van der Waals surface area contributed by atoms with Crippen molar-refractivity contribution in [1.82, 2.24) is 14.0 Å². The minimum atomic E-state index is 0.975. The van der Waals surface area contributed by atoms with Crippen LogP contribution in [0.15, 0.2) is 79.1 Å². The molecule has 5 aromatic rings. The average molecular weight is 325 g/mol. The molecule has 0 aliphatic heterocycles. The Labute approximate surface area is 146 Å². The first-order valence-electron chi connectivity index (χ1n) is 8.79. The zero-order valence-corrected chi connectivity index (χ0v) is 14.0. The van der Waals surface area contributed by atoms with Crippen molar-refractivity contribution in [2.75, 3.05) is 0 Å². The molecule has 0 fully saturated rings. The van der Waals surface area contributed by atoms with Crippen LogP contribution in [0.2, 0.25) is 0 Å². The molecule has 0 saturated carbocycles. The molecule has 0 bridgehead atoms. The number of nitrogens with zero attached hydrogens (tertiary/aromatic N) is 3. The molecular formula is C22H19N3. The number of benzene rings is 3. The quantitative estimate of drug-likeness (QED) is 0.452. The average Bonchev–Trinajstić information content (AvgIpc) is 3.22. The Hall–Kier alpha value is -3.07. The number of para-hydroxylation sites is 2. The highest BCUT2D eigenvalue weighted by Crippen LogP contribution is 2.21. The van der Waals surface area contributed by atoms with E-state index in [2.05, 4.69) is 82.0 Å². The summed E-state index contributed by atoms with van der Waals surface area (Å²) in [5.74, 6) is 1.03. The normalized spacial score (nSPS) is 11.7. The lowest BCUT2D eigenvalue weighted by Crippen LogP contribution is -1.99. The molecule has 0 atom stereocenters. The summed E-state index contributed by atoms with van der Waals surface area (Å²) in [5.41, 5.74) is 3.65. The van der Waals surface area contributed by atoms with Gasteiger partial charge in [-0.05, 0) is 41.3 Å². The zero-order chi connectivity index (χ0) is 16.6. The largest absolute Gasteiger partial charge is 0.317 e. The summed E-state index contributed by atoms with van der Waals surface area (Å²) in [7, 11) is 0. The second kappa shape index (κ2) is 5.78. The molecule has 0 aliphatic rings. The van der Waals surface area contributed by atoms with Crippen LogP contribution in [0.25, 0.3) is 27.6 Å². The summed E-state index contributed by atoms with van der Waals surface area (Å²) in [5, 5.41) is 2.69. The maximum atomic E-state index is 4.78. The van der Waals surface area contributed by atoms with Crippen LogP contribution < -0.4 is 0 Å². The van der Waals surface area contributed by atoms with Gasteiger partial charge in [-0.3, -0.25) is 4.40 Å². The molecule has 0 aliphatic carbocycles. The van der Waals surface area contributed by atoms with Crippen molar-refractivity contribution in [3.8, 4) is 0 Å². The van der Waals surface area contributed by atoms with E-state index in [-0.39, 0.29) is 0 Å². The monoisotopic (exact) mass is 325 g/mol. The van der Waals surface area contributed by atoms with E-state index in [0.717, 1.165) is 30.7 Å². The van der Waals surface area contributed by atoms with Crippen LogP contribution in [-0.2, 0) is 13.0 Å². The molecule has 5 rings (SSSR count). The standard InChI is InChI=1S/C22H19N3/c1-2-11-19-17(7-1)8-5-9-18(19)10-6-14-24-15-16-25-21-13-4-3-12-20(21)23-22(24)25/h1-5,7-9,11-13,15-16H,6,10,14H2. The van der Waals surface area contributed by atoms with E-state index in [0.29, 0.717) is 0 Å². The second-order valence-electron chi connectivity index (χ2n) is 6.50. The van der Waals surface area contributed by atoms with Gasteiger partial charge in [0.15, 0.2) is 0 Å². The fourth-order valence-corrected chi connectivity index (χ4v) is 3.72. The Bertz CT molecular complexity index is 1170. The second-order valence-corrected chi connectivity index (χ2v) is 6.50. The van der Waals surface area contributed by atoms with E-state index in [9.17, 15) is 0 Å². The van der Waals surface area contributed by atoms with Gasteiger partial charge in [-0.1, -0.05) is 54.6 Å². The van der Waals surface area contributed by atoms with E-state index in [1.54, 1.807) is 0 Å². The zero-order valence-electron chi connectivity index (χ0n) is 14.0. The third kappa shape index (κ3) is 2.40. The third-order valence-electron chi connectivity index (χ3n) is 4.95. The van der Waals surface area contributed by atoms with Gasteiger partial charge in [0.25, 0.3) is 0 Å². The molecule has 3 nitrogen and oxygen atoms in total. The fraction of sp³-hybridized carbons (Fsp3) is 0.136. The minimum absolute atomic E-state index is 0.975. The molecule has 0 amide bonds. The highest BCUT2D eigenvalue weighted by molar-refractivity contribution is 5.85. The molecular weight excluding hydrogens is 306 g/mol. The van der Waals surface area contributed by atoms with E-state index in [4.69, 9.17) is 4.98 Å². The van der Waals surface area contributed by atoms with Crippen molar-refractivity contribution in [2.45, 2.75) is 19.4 Å². The maximum Gasteiger partial charge on any atom is 0.214 e. The van der Waals surface area contributed by atoms with Gasteiger partial charge in [-0.2, -0.15) is 0 Å². The van der Waals surface area contributed by atoms with Crippen molar-refractivity contribution in [1.29, 1.82) is 0 Å². The number of aromatic nitrogens is 3. The molecule has 0 radical (unpaired) electrons. The van der Waals surface area contributed by atoms with Crippen LogP contribution in [0.3, 0.4) is 0 Å². The van der Waals surface area contributed by atoms with Gasteiger partial charge in [0.2, 0.25) is 5.78 Å². The summed E-state index contributed by atoms with van der Waals surface area (Å²) in [4.78, 5) is 4.78. The molecule has 0 unspecified atom stereocenters. The molecule has 25 heavy (non-hydrogen) atoms. The van der Waals surface area contributed by atoms with Crippen LogP contribution in [-0.4, -0.2) is 14.0 Å². The number of aryl methyl sites for hydroxylation is 2. The number of hydrogen-bond acceptors (Lipinski definition) is 1. The highest BCUT2D eigenvalue weighted by Gasteiger charge is 2.08. The Morgan fingerprint density at radius 1 is 0.800 bits per heavy atom. The lowest BCUT2D eigenvalue weighted by Gasteiger charge is -2.07. The first-order chi connectivity index (χ1) is 12.4. The van der Waals surface area contributed by atoms with Gasteiger partial charge in [-0.25, -0.2) is 4.98 Å². The summed E-state index contributed by atoms with van der Waals surface area (Å²) in [6.45, 7) is 0.975.